The number of ketones is 1. The summed E-state index contributed by atoms with van der Waals surface area (Å²) < 4.78 is 12.7. The molecule has 15 heavy (non-hydrogen) atoms. The second kappa shape index (κ2) is 6.09. The molecule has 1 rings (SSSR count). The van der Waals surface area contributed by atoms with Crippen LogP contribution in [0.3, 0.4) is 0 Å². The maximum atomic E-state index is 12.7. The summed E-state index contributed by atoms with van der Waals surface area (Å²) in [5, 5.41) is 0.300. The Labute approximate surface area is 98.2 Å². The zero-order valence-corrected chi connectivity index (χ0v) is 9.61. The summed E-state index contributed by atoms with van der Waals surface area (Å²) >= 11 is 11.3. The van der Waals surface area contributed by atoms with Gasteiger partial charge in [0.15, 0.2) is 0 Å². The first-order valence-corrected chi connectivity index (χ1v) is 5.56. The van der Waals surface area contributed by atoms with Crippen LogP contribution in [0.15, 0.2) is 18.2 Å². The topological polar surface area (TPSA) is 17.1 Å². The lowest BCUT2D eigenvalue weighted by molar-refractivity contribution is -0.118. The molecule has 82 valence electrons. The third kappa shape index (κ3) is 4.18. The summed E-state index contributed by atoms with van der Waals surface area (Å²) in [7, 11) is 0. The third-order valence-corrected chi connectivity index (χ3v) is 2.61. The molecular formula is C11H11Cl2FO. The highest BCUT2D eigenvalue weighted by molar-refractivity contribution is 6.31. The predicted molar refractivity (Wildman–Crippen MR) is 60.1 cm³/mol. The Morgan fingerprint density at radius 2 is 2.13 bits per heavy atom. The van der Waals surface area contributed by atoms with Crippen molar-refractivity contribution in [2.75, 3.05) is 5.88 Å². The van der Waals surface area contributed by atoms with E-state index in [0.29, 0.717) is 29.3 Å². The van der Waals surface area contributed by atoms with Gasteiger partial charge in [-0.25, -0.2) is 4.39 Å². The fraction of sp³-hybridized carbons (Fsp3) is 0.364. The molecule has 0 spiro atoms. The Hall–Kier alpha value is -0.600. The minimum absolute atomic E-state index is 0.0733. The molecule has 0 bridgehead atoms. The summed E-state index contributed by atoms with van der Waals surface area (Å²) in [6.07, 6.45) is 1.35. The van der Waals surface area contributed by atoms with Gasteiger partial charge in [0.05, 0.1) is 0 Å². The SMILES string of the molecule is O=C(CCCCl)Cc1ccc(F)cc1Cl. The van der Waals surface area contributed by atoms with Crippen molar-refractivity contribution in [1.82, 2.24) is 0 Å². The van der Waals surface area contributed by atoms with E-state index in [1.165, 1.54) is 18.2 Å². The van der Waals surface area contributed by atoms with Gasteiger partial charge in [-0.05, 0) is 24.1 Å². The van der Waals surface area contributed by atoms with Crippen molar-refractivity contribution in [1.29, 1.82) is 0 Å². The van der Waals surface area contributed by atoms with E-state index < -0.39 is 5.82 Å². The van der Waals surface area contributed by atoms with Crippen molar-refractivity contribution in [3.05, 3.63) is 34.6 Å². The number of alkyl halides is 1. The normalized spacial score (nSPS) is 10.3. The second-order valence-corrected chi connectivity index (χ2v) is 4.03. The number of Topliss-reactive ketones (excluding diaryl/α,β-unsaturated/α-hetero) is 1. The van der Waals surface area contributed by atoms with E-state index >= 15 is 0 Å². The first kappa shape index (κ1) is 12.5. The Balaban J connectivity index is 2.60. The molecule has 0 fully saturated rings. The van der Waals surface area contributed by atoms with Crippen molar-refractivity contribution >= 4 is 29.0 Å². The summed E-state index contributed by atoms with van der Waals surface area (Å²) in [5.74, 6) is 0.157. The molecule has 0 atom stereocenters. The van der Waals surface area contributed by atoms with Crippen LogP contribution in [-0.4, -0.2) is 11.7 Å². The highest BCUT2D eigenvalue weighted by Gasteiger charge is 2.07. The minimum atomic E-state index is -0.392. The summed E-state index contributed by atoms with van der Waals surface area (Å²) in [5.41, 5.74) is 0.664. The molecule has 1 aromatic rings. The average molecular weight is 249 g/mol. The molecule has 0 aromatic heterocycles. The van der Waals surface area contributed by atoms with Crippen molar-refractivity contribution in [3.8, 4) is 0 Å². The van der Waals surface area contributed by atoms with E-state index in [2.05, 4.69) is 0 Å². The van der Waals surface area contributed by atoms with E-state index in [9.17, 15) is 9.18 Å². The van der Waals surface area contributed by atoms with Crippen LogP contribution in [-0.2, 0) is 11.2 Å². The van der Waals surface area contributed by atoms with Crippen molar-refractivity contribution in [2.24, 2.45) is 0 Å². The fourth-order valence-corrected chi connectivity index (χ4v) is 1.60. The molecule has 0 heterocycles. The fourth-order valence-electron chi connectivity index (χ4n) is 1.23. The van der Waals surface area contributed by atoms with Gasteiger partial charge in [-0.2, -0.15) is 0 Å². The molecule has 0 radical (unpaired) electrons. The maximum absolute atomic E-state index is 12.7. The average Bonchev–Trinajstić information content (AvgIpc) is 2.19. The number of benzene rings is 1. The molecule has 0 aliphatic heterocycles. The molecule has 1 aromatic carbocycles. The van der Waals surface area contributed by atoms with E-state index in [-0.39, 0.29) is 12.2 Å². The summed E-state index contributed by atoms with van der Waals surface area (Å²) in [4.78, 5) is 11.4. The second-order valence-electron chi connectivity index (χ2n) is 3.24. The number of rotatable bonds is 5. The molecule has 4 heteroatoms. The van der Waals surface area contributed by atoms with Crippen LogP contribution in [0.2, 0.25) is 5.02 Å². The minimum Gasteiger partial charge on any atom is -0.299 e. The zero-order valence-electron chi connectivity index (χ0n) is 8.10. The lowest BCUT2D eigenvalue weighted by Gasteiger charge is -2.03. The standard InChI is InChI=1S/C11H11Cl2FO/c12-5-1-2-10(15)6-8-3-4-9(14)7-11(8)13/h3-4,7H,1-2,5-6H2. The Morgan fingerprint density at radius 3 is 2.73 bits per heavy atom. The van der Waals surface area contributed by atoms with Crippen LogP contribution in [0.4, 0.5) is 4.39 Å². The van der Waals surface area contributed by atoms with E-state index in [0.717, 1.165) is 0 Å². The van der Waals surface area contributed by atoms with Crippen LogP contribution < -0.4 is 0 Å². The van der Waals surface area contributed by atoms with Gasteiger partial charge >= 0.3 is 0 Å². The molecule has 0 aliphatic carbocycles. The number of carbonyl (C=O) groups excluding carboxylic acids is 1. The van der Waals surface area contributed by atoms with Crippen molar-refractivity contribution in [2.45, 2.75) is 19.3 Å². The highest BCUT2D eigenvalue weighted by Crippen LogP contribution is 2.18. The summed E-state index contributed by atoms with van der Waals surface area (Å²) in [6, 6.07) is 4.05. The van der Waals surface area contributed by atoms with E-state index in [4.69, 9.17) is 23.2 Å². The molecule has 0 saturated heterocycles. The molecule has 0 N–H and O–H groups in total. The highest BCUT2D eigenvalue weighted by atomic mass is 35.5. The molecule has 0 aliphatic rings. The van der Waals surface area contributed by atoms with Crippen LogP contribution in [0.5, 0.6) is 0 Å². The lowest BCUT2D eigenvalue weighted by Crippen LogP contribution is -2.03. The number of hydrogen-bond acceptors (Lipinski definition) is 1. The molecule has 1 nitrogen and oxygen atoms in total. The van der Waals surface area contributed by atoms with Gasteiger partial charge in [0.25, 0.3) is 0 Å². The molecule has 0 amide bonds. The Bertz CT molecular complexity index is 352. The van der Waals surface area contributed by atoms with E-state index in [1.807, 2.05) is 0 Å². The Kier molecular flexibility index (Phi) is 5.06. The van der Waals surface area contributed by atoms with Gasteiger partial charge in [0.1, 0.15) is 11.6 Å². The van der Waals surface area contributed by atoms with Crippen LogP contribution in [0.25, 0.3) is 0 Å². The molecule has 0 saturated carbocycles. The van der Waals surface area contributed by atoms with Gasteiger partial charge in [-0.3, -0.25) is 4.79 Å². The van der Waals surface area contributed by atoms with Gasteiger partial charge < -0.3 is 0 Å². The first-order valence-electron chi connectivity index (χ1n) is 4.65. The van der Waals surface area contributed by atoms with Crippen molar-refractivity contribution in [3.63, 3.8) is 0 Å². The van der Waals surface area contributed by atoms with E-state index in [1.54, 1.807) is 0 Å². The van der Waals surface area contributed by atoms with Gasteiger partial charge in [-0.15, -0.1) is 11.6 Å². The number of hydrogen-bond donors (Lipinski definition) is 0. The number of halogens is 3. The predicted octanol–water partition coefficient (Wildman–Crippen LogP) is 3.61. The van der Waals surface area contributed by atoms with Crippen LogP contribution in [0, 0.1) is 5.82 Å². The zero-order chi connectivity index (χ0) is 11.3. The largest absolute Gasteiger partial charge is 0.299 e. The van der Waals surface area contributed by atoms with Gasteiger partial charge in [0.2, 0.25) is 0 Å². The smallest absolute Gasteiger partial charge is 0.137 e. The van der Waals surface area contributed by atoms with Gasteiger partial charge in [-0.1, -0.05) is 17.7 Å². The molecular weight excluding hydrogens is 238 g/mol. The maximum Gasteiger partial charge on any atom is 0.137 e. The van der Waals surface area contributed by atoms with Crippen LogP contribution >= 0.6 is 23.2 Å². The Morgan fingerprint density at radius 1 is 1.40 bits per heavy atom. The quantitative estimate of drug-likeness (QED) is 0.728. The summed E-state index contributed by atoms with van der Waals surface area (Å²) in [6.45, 7) is 0. The van der Waals surface area contributed by atoms with Crippen molar-refractivity contribution < 1.29 is 9.18 Å². The van der Waals surface area contributed by atoms with Crippen LogP contribution in [0.1, 0.15) is 18.4 Å². The third-order valence-electron chi connectivity index (χ3n) is 1.99. The first-order chi connectivity index (χ1) is 7.13. The van der Waals surface area contributed by atoms with Gasteiger partial charge in [0, 0.05) is 23.7 Å². The molecule has 0 unspecified atom stereocenters. The lowest BCUT2D eigenvalue weighted by atomic mass is 10.1. The monoisotopic (exact) mass is 248 g/mol. The number of carbonyl (C=O) groups is 1.